The van der Waals surface area contributed by atoms with Crippen molar-refractivity contribution < 1.29 is 0 Å². The van der Waals surface area contributed by atoms with Crippen molar-refractivity contribution in [3.63, 3.8) is 0 Å². The Morgan fingerprint density at radius 3 is 2.75 bits per heavy atom. The fourth-order valence-corrected chi connectivity index (χ4v) is 1.75. The number of rotatable bonds is 7. The predicted octanol–water partition coefficient (Wildman–Crippen LogP) is 1.72. The molecule has 0 bridgehead atoms. The largest absolute Gasteiger partial charge is 0.320 e. The van der Waals surface area contributed by atoms with Crippen LogP contribution >= 0.6 is 0 Å². The first-order valence-corrected chi connectivity index (χ1v) is 6.14. The van der Waals surface area contributed by atoms with Gasteiger partial charge in [-0.1, -0.05) is 20.8 Å². The molecule has 1 heterocycles. The first kappa shape index (κ1) is 13.2. The van der Waals surface area contributed by atoms with E-state index < -0.39 is 0 Å². The highest BCUT2D eigenvalue weighted by atomic mass is 15.3. The van der Waals surface area contributed by atoms with E-state index in [1.165, 1.54) is 6.42 Å². The fraction of sp³-hybridized carbons (Fsp3) is 0.833. The van der Waals surface area contributed by atoms with E-state index in [2.05, 4.69) is 36.2 Å². The van der Waals surface area contributed by atoms with Gasteiger partial charge in [0.25, 0.3) is 0 Å². The maximum atomic E-state index is 4.35. The molecule has 1 aromatic rings. The molecule has 1 aromatic heterocycles. The van der Waals surface area contributed by atoms with Crippen LogP contribution < -0.4 is 5.32 Å². The lowest BCUT2D eigenvalue weighted by Gasteiger charge is -2.12. The molecule has 0 amide bonds. The summed E-state index contributed by atoms with van der Waals surface area (Å²) in [7, 11) is 1.99. The Labute approximate surface area is 98.5 Å². The Balaban J connectivity index is 2.49. The maximum absolute atomic E-state index is 4.35. The van der Waals surface area contributed by atoms with E-state index in [1.54, 1.807) is 6.33 Å². The minimum absolute atomic E-state index is 0.619. The van der Waals surface area contributed by atoms with Gasteiger partial charge in [-0.3, -0.25) is 0 Å². The lowest BCUT2D eigenvalue weighted by Crippen LogP contribution is -2.16. The third-order valence-corrected chi connectivity index (χ3v) is 2.65. The Morgan fingerprint density at radius 2 is 2.12 bits per heavy atom. The van der Waals surface area contributed by atoms with Gasteiger partial charge in [-0.25, -0.2) is 9.67 Å². The minimum atomic E-state index is 0.619. The van der Waals surface area contributed by atoms with E-state index in [0.29, 0.717) is 11.8 Å². The van der Waals surface area contributed by atoms with Crippen molar-refractivity contribution in [2.75, 3.05) is 13.6 Å². The van der Waals surface area contributed by atoms with Crippen molar-refractivity contribution in [1.29, 1.82) is 0 Å². The predicted molar refractivity (Wildman–Crippen MR) is 66.3 cm³/mol. The Bertz CT molecular complexity index is 293. The first-order chi connectivity index (χ1) is 7.63. The van der Waals surface area contributed by atoms with Gasteiger partial charge in [-0.05, 0) is 31.8 Å². The Hall–Kier alpha value is -0.900. The molecule has 1 atom stereocenters. The summed E-state index contributed by atoms with van der Waals surface area (Å²) in [6.07, 6.45) is 3.88. The van der Waals surface area contributed by atoms with Gasteiger partial charge < -0.3 is 5.32 Å². The van der Waals surface area contributed by atoms with E-state index in [1.807, 2.05) is 11.7 Å². The Morgan fingerprint density at radius 1 is 1.38 bits per heavy atom. The van der Waals surface area contributed by atoms with E-state index in [4.69, 9.17) is 0 Å². The average Bonchev–Trinajstić information content (AvgIpc) is 2.62. The van der Waals surface area contributed by atoms with Gasteiger partial charge in [0, 0.05) is 13.0 Å². The second-order valence-corrected chi connectivity index (χ2v) is 4.95. The highest BCUT2D eigenvalue weighted by Crippen LogP contribution is 2.10. The first-order valence-electron chi connectivity index (χ1n) is 6.14. The second-order valence-electron chi connectivity index (χ2n) is 4.95. The van der Waals surface area contributed by atoms with E-state index >= 15 is 0 Å². The summed E-state index contributed by atoms with van der Waals surface area (Å²) in [4.78, 5) is 4.35. The van der Waals surface area contributed by atoms with Crippen molar-refractivity contribution in [2.24, 2.45) is 11.8 Å². The van der Waals surface area contributed by atoms with Gasteiger partial charge >= 0.3 is 0 Å². The Kier molecular flexibility index (Phi) is 5.46. The van der Waals surface area contributed by atoms with Gasteiger partial charge in [-0.15, -0.1) is 0 Å². The third-order valence-electron chi connectivity index (χ3n) is 2.65. The lowest BCUT2D eigenvalue weighted by atomic mass is 10.0. The molecule has 0 aliphatic heterocycles. The van der Waals surface area contributed by atoms with Crippen LogP contribution in [0.2, 0.25) is 0 Å². The summed E-state index contributed by atoms with van der Waals surface area (Å²) >= 11 is 0. The van der Waals surface area contributed by atoms with Crippen LogP contribution in [0, 0.1) is 11.8 Å². The average molecular weight is 224 g/mol. The van der Waals surface area contributed by atoms with Crippen molar-refractivity contribution in [3.8, 4) is 0 Å². The molecule has 16 heavy (non-hydrogen) atoms. The summed E-state index contributed by atoms with van der Waals surface area (Å²) in [5, 5.41) is 7.46. The molecule has 1 rings (SSSR count). The molecule has 0 saturated heterocycles. The summed E-state index contributed by atoms with van der Waals surface area (Å²) < 4.78 is 2.04. The van der Waals surface area contributed by atoms with Crippen LogP contribution in [0.5, 0.6) is 0 Å². The molecule has 0 fully saturated rings. The van der Waals surface area contributed by atoms with Crippen molar-refractivity contribution in [1.82, 2.24) is 20.1 Å². The molecule has 1 N–H and O–H groups in total. The summed E-state index contributed by atoms with van der Waals surface area (Å²) in [6.45, 7) is 8.71. The standard InChI is InChI=1S/C12H24N4/c1-10(2)8-16-12(14-9-15-16)7-11(3)5-6-13-4/h9-11,13H,5-8H2,1-4H3. The van der Waals surface area contributed by atoms with Crippen LogP contribution in [0.3, 0.4) is 0 Å². The fourth-order valence-electron chi connectivity index (χ4n) is 1.75. The van der Waals surface area contributed by atoms with Crippen LogP contribution in [0.25, 0.3) is 0 Å². The second kappa shape index (κ2) is 6.63. The molecular formula is C12H24N4. The van der Waals surface area contributed by atoms with E-state index in [9.17, 15) is 0 Å². The molecule has 0 aliphatic carbocycles. The minimum Gasteiger partial charge on any atom is -0.320 e. The van der Waals surface area contributed by atoms with Gasteiger partial charge in [0.1, 0.15) is 12.2 Å². The normalized spacial score (nSPS) is 13.3. The molecule has 4 heteroatoms. The summed E-state index contributed by atoms with van der Waals surface area (Å²) in [6, 6.07) is 0. The highest BCUT2D eigenvalue weighted by molar-refractivity contribution is 4.87. The maximum Gasteiger partial charge on any atom is 0.138 e. The van der Waals surface area contributed by atoms with Gasteiger partial charge in [0.2, 0.25) is 0 Å². The molecule has 0 aliphatic rings. The highest BCUT2D eigenvalue weighted by Gasteiger charge is 2.10. The zero-order valence-corrected chi connectivity index (χ0v) is 10.9. The van der Waals surface area contributed by atoms with Crippen LogP contribution in [0.1, 0.15) is 33.0 Å². The zero-order chi connectivity index (χ0) is 12.0. The molecule has 0 spiro atoms. The molecule has 0 radical (unpaired) electrons. The molecular weight excluding hydrogens is 200 g/mol. The number of nitrogens with zero attached hydrogens (tertiary/aromatic N) is 3. The van der Waals surface area contributed by atoms with Crippen LogP contribution in [-0.2, 0) is 13.0 Å². The smallest absolute Gasteiger partial charge is 0.138 e. The topological polar surface area (TPSA) is 42.7 Å². The summed E-state index contributed by atoms with van der Waals surface area (Å²) in [5.74, 6) is 2.40. The SMILES string of the molecule is CNCCC(C)Cc1ncnn1CC(C)C. The molecule has 4 nitrogen and oxygen atoms in total. The van der Waals surface area contributed by atoms with Gasteiger partial charge in [0.15, 0.2) is 0 Å². The van der Waals surface area contributed by atoms with Gasteiger partial charge in [0.05, 0.1) is 0 Å². The van der Waals surface area contributed by atoms with Crippen molar-refractivity contribution >= 4 is 0 Å². The number of hydrogen-bond acceptors (Lipinski definition) is 3. The van der Waals surface area contributed by atoms with Crippen LogP contribution in [-0.4, -0.2) is 28.4 Å². The van der Waals surface area contributed by atoms with Gasteiger partial charge in [-0.2, -0.15) is 5.10 Å². The molecule has 0 saturated carbocycles. The number of nitrogens with one attached hydrogen (secondary N) is 1. The third kappa shape index (κ3) is 4.31. The number of hydrogen-bond donors (Lipinski definition) is 1. The van der Waals surface area contributed by atoms with E-state index in [-0.39, 0.29) is 0 Å². The van der Waals surface area contributed by atoms with Crippen molar-refractivity contribution in [2.45, 2.75) is 40.2 Å². The monoisotopic (exact) mass is 224 g/mol. The molecule has 0 aromatic carbocycles. The quantitative estimate of drug-likeness (QED) is 0.767. The van der Waals surface area contributed by atoms with E-state index in [0.717, 1.165) is 25.3 Å². The number of aromatic nitrogens is 3. The zero-order valence-electron chi connectivity index (χ0n) is 10.9. The lowest BCUT2D eigenvalue weighted by molar-refractivity contribution is 0.436. The van der Waals surface area contributed by atoms with Crippen LogP contribution in [0.4, 0.5) is 0 Å². The summed E-state index contributed by atoms with van der Waals surface area (Å²) in [5.41, 5.74) is 0. The molecule has 1 unspecified atom stereocenters. The van der Waals surface area contributed by atoms with Crippen molar-refractivity contribution in [3.05, 3.63) is 12.2 Å². The molecule has 92 valence electrons. The van der Waals surface area contributed by atoms with Crippen LogP contribution in [0.15, 0.2) is 6.33 Å².